The fourth-order valence-corrected chi connectivity index (χ4v) is 4.60. The van der Waals surface area contributed by atoms with Gasteiger partial charge in [0.15, 0.2) is 0 Å². The first-order valence-corrected chi connectivity index (χ1v) is 15.0. The lowest BCUT2D eigenvalue weighted by Crippen LogP contribution is -2.43. The van der Waals surface area contributed by atoms with Crippen LogP contribution in [0.3, 0.4) is 0 Å². The van der Waals surface area contributed by atoms with Gasteiger partial charge in [-0.1, -0.05) is 6.92 Å². The zero-order valence-electron chi connectivity index (χ0n) is 24.2. The molecule has 0 bridgehead atoms. The number of carbonyl (C=O) groups excluding carboxylic acids is 2. The van der Waals surface area contributed by atoms with Gasteiger partial charge in [0.25, 0.3) is 0 Å². The third-order valence-corrected chi connectivity index (χ3v) is 6.61. The molecule has 2 aromatic heterocycles. The number of amides is 2. The molecule has 2 saturated heterocycles. The first kappa shape index (κ1) is 33.1. The number of likely N-dealkylation sites (tertiary alicyclic amines) is 2. The van der Waals surface area contributed by atoms with Crippen LogP contribution in [0, 0.1) is 5.92 Å². The molecule has 1 N–H and O–H groups in total. The van der Waals surface area contributed by atoms with Crippen molar-refractivity contribution >= 4 is 44.0 Å². The second-order valence-electron chi connectivity index (χ2n) is 12.0. The third-order valence-electron chi connectivity index (χ3n) is 5.77. The Labute approximate surface area is 249 Å². The van der Waals surface area contributed by atoms with Crippen molar-refractivity contribution in [3.8, 4) is 0 Å². The number of carbonyl (C=O) groups is 2. The van der Waals surface area contributed by atoms with E-state index >= 15 is 0 Å². The number of H-pyrrole nitrogens is 1. The van der Waals surface area contributed by atoms with Crippen LogP contribution in [-0.4, -0.2) is 79.3 Å². The van der Waals surface area contributed by atoms with Crippen LogP contribution in [0.15, 0.2) is 33.7 Å². The normalized spacial score (nSPS) is 19.7. The molecule has 220 valence electrons. The zero-order chi connectivity index (χ0) is 29.2. The molecule has 2 aliphatic heterocycles. The lowest BCUT2D eigenvalue weighted by Gasteiger charge is -2.34. The van der Waals surface area contributed by atoms with E-state index in [1.165, 1.54) is 6.42 Å². The molecule has 2 atom stereocenters. The van der Waals surface area contributed by atoms with Crippen LogP contribution in [0.25, 0.3) is 0 Å². The summed E-state index contributed by atoms with van der Waals surface area (Å²) in [4.78, 5) is 27.3. The Morgan fingerprint density at radius 2 is 1.46 bits per heavy atom. The molecule has 10 nitrogen and oxygen atoms in total. The minimum absolute atomic E-state index is 0.163. The Bertz CT molecular complexity index is 1020. The first-order chi connectivity index (χ1) is 18.1. The van der Waals surface area contributed by atoms with Gasteiger partial charge in [0.1, 0.15) is 11.2 Å². The van der Waals surface area contributed by atoms with Crippen LogP contribution in [0.1, 0.15) is 80.2 Å². The van der Waals surface area contributed by atoms with Crippen molar-refractivity contribution in [1.29, 1.82) is 0 Å². The Morgan fingerprint density at radius 1 is 0.897 bits per heavy atom. The topological polar surface area (TPSA) is 106 Å². The smallest absolute Gasteiger partial charge is 0.410 e. The summed E-state index contributed by atoms with van der Waals surface area (Å²) in [6.45, 7) is 16.6. The van der Waals surface area contributed by atoms with Crippen molar-refractivity contribution in [2.45, 2.75) is 91.4 Å². The van der Waals surface area contributed by atoms with Crippen LogP contribution in [0.4, 0.5) is 9.59 Å². The zero-order valence-corrected chi connectivity index (χ0v) is 27.4. The maximum atomic E-state index is 12.1. The molecule has 2 amide bonds. The number of aromatic amines is 1. The van der Waals surface area contributed by atoms with Crippen LogP contribution in [-0.2, 0) is 9.47 Å². The summed E-state index contributed by atoms with van der Waals surface area (Å²) in [6.07, 6.45) is 11.1. The highest BCUT2D eigenvalue weighted by Gasteiger charge is 2.29. The number of hydrogen-bond acceptors (Lipinski definition) is 6. The predicted molar refractivity (Wildman–Crippen MR) is 158 cm³/mol. The van der Waals surface area contributed by atoms with E-state index in [0.29, 0.717) is 12.5 Å². The number of rotatable bonds is 1. The highest BCUT2D eigenvalue weighted by Crippen LogP contribution is 2.24. The minimum Gasteiger partial charge on any atom is -0.444 e. The fourth-order valence-electron chi connectivity index (χ4n) is 4.09. The summed E-state index contributed by atoms with van der Waals surface area (Å²) in [6, 6.07) is 0.229. The molecule has 0 aliphatic carbocycles. The van der Waals surface area contributed by atoms with E-state index in [9.17, 15) is 9.59 Å². The van der Waals surface area contributed by atoms with Crippen LogP contribution in [0.2, 0.25) is 0 Å². The van der Waals surface area contributed by atoms with Crippen LogP contribution < -0.4 is 0 Å². The number of aromatic nitrogens is 4. The van der Waals surface area contributed by atoms with Crippen molar-refractivity contribution in [2.75, 3.05) is 26.2 Å². The number of halogens is 2. The molecule has 0 unspecified atom stereocenters. The van der Waals surface area contributed by atoms with Gasteiger partial charge >= 0.3 is 12.2 Å². The van der Waals surface area contributed by atoms with Gasteiger partial charge in [-0.2, -0.15) is 10.2 Å². The van der Waals surface area contributed by atoms with Crippen molar-refractivity contribution in [3.05, 3.63) is 33.7 Å². The second-order valence-corrected chi connectivity index (χ2v) is 13.8. The minimum atomic E-state index is -0.446. The predicted octanol–water partition coefficient (Wildman–Crippen LogP) is 7.04. The number of piperidine rings is 2. The number of ether oxygens (including phenoxy) is 2. The summed E-state index contributed by atoms with van der Waals surface area (Å²) in [5.74, 6) is 0.608. The molecule has 2 fully saturated rings. The largest absolute Gasteiger partial charge is 0.444 e. The molecule has 2 aromatic rings. The Balaban J connectivity index is 0.000000232. The molecule has 0 radical (unpaired) electrons. The average Bonchev–Trinajstić information content (AvgIpc) is 3.49. The molecule has 0 spiro atoms. The molecule has 39 heavy (non-hydrogen) atoms. The monoisotopic (exact) mass is 674 g/mol. The molecule has 0 aromatic carbocycles. The van der Waals surface area contributed by atoms with E-state index in [2.05, 4.69) is 54.1 Å². The van der Waals surface area contributed by atoms with E-state index in [0.717, 1.165) is 47.8 Å². The Kier molecular flexibility index (Phi) is 12.8. The second kappa shape index (κ2) is 15.1. The number of nitrogens with zero attached hydrogens (tertiary/aromatic N) is 5. The van der Waals surface area contributed by atoms with Crippen molar-refractivity contribution in [3.63, 3.8) is 0 Å². The van der Waals surface area contributed by atoms with E-state index in [4.69, 9.17) is 9.47 Å². The Morgan fingerprint density at radius 3 is 1.87 bits per heavy atom. The standard InChI is InChI=1S/C13H20BrN3O2.C11H21NO2.C3H3BrN2/c1-13(2,3)19-12(18)16-6-4-5-11(9-16)17-8-10(14)7-15-17;1-9-6-5-7-12(8-9)10(13)14-11(2,3)4;4-3-1-5-6-2-3/h7-8,11H,4-6,9H2,1-3H3;9H,5-8H2,1-4H3;1-2H,(H,5,6)/t11-;9-;/m10./s1. The van der Waals surface area contributed by atoms with Gasteiger partial charge in [-0.3, -0.25) is 9.78 Å². The third kappa shape index (κ3) is 13.2. The van der Waals surface area contributed by atoms with E-state index in [-0.39, 0.29) is 23.8 Å². The lowest BCUT2D eigenvalue weighted by molar-refractivity contribution is 0.0161. The van der Waals surface area contributed by atoms with Crippen LogP contribution in [0.5, 0.6) is 0 Å². The first-order valence-electron chi connectivity index (χ1n) is 13.4. The van der Waals surface area contributed by atoms with Gasteiger partial charge < -0.3 is 19.3 Å². The number of hydrogen-bond donors (Lipinski definition) is 1. The van der Waals surface area contributed by atoms with E-state index in [1.807, 2.05) is 57.3 Å². The molecule has 0 saturated carbocycles. The highest BCUT2D eigenvalue weighted by molar-refractivity contribution is 9.10. The molecule has 4 rings (SSSR count). The summed E-state index contributed by atoms with van der Waals surface area (Å²) in [5.41, 5.74) is -0.823. The summed E-state index contributed by atoms with van der Waals surface area (Å²) in [5, 5.41) is 10.6. The van der Waals surface area contributed by atoms with Crippen LogP contribution >= 0.6 is 31.9 Å². The molecule has 12 heteroatoms. The van der Waals surface area contributed by atoms with Gasteiger partial charge in [0.05, 0.1) is 27.4 Å². The average molecular weight is 676 g/mol. The maximum absolute atomic E-state index is 12.1. The SMILES string of the molecule is Brc1cn[nH]c1.CC(C)(C)OC(=O)N1CCC[C@@H](n2cc(Br)cn2)C1.C[C@H]1CCCN(C(=O)OC(C)(C)C)C1. The van der Waals surface area contributed by atoms with Crippen molar-refractivity contribution in [2.24, 2.45) is 5.92 Å². The number of nitrogens with one attached hydrogen (secondary N) is 1. The van der Waals surface area contributed by atoms with Gasteiger partial charge in [0.2, 0.25) is 0 Å². The molecular weight excluding hydrogens is 632 g/mol. The van der Waals surface area contributed by atoms with E-state index < -0.39 is 5.60 Å². The summed E-state index contributed by atoms with van der Waals surface area (Å²) >= 11 is 6.58. The van der Waals surface area contributed by atoms with Crippen molar-refractivity contribution in [1.82, 2.24) is 29.8 Å². The van der Waals surface area contributed by atoms with Gasteiger partial charge in [-0.15, -0.1) is 0 Å². The maximum Gasteiger partial charge on any atom is 0.410 e. The van der Waals surface area contributed by atoms with Gasteiger partial charge in [-0.05, 0) is 105 Å². The summed E-state index contributed by atoms with van der Waals surface area (Å²) < 4.78 is 14.6. The van der Waals surface area contributed by atoms with Crippen molar-refractivity contribution < 1.29 is 19.1 Å². The van der Waals surface area contributed by atoms with Gasteiger partial charge in [-0.25, -0.2) is 9.59 Å². The fraction of sp³-hybridized carbons (Fsp3) is 0.704. The molecule has 2 aliphatic rings. The molecular formula is C27H44Br2N6O4. The Hall–Kier alpha value is -2.08. The lowest BCUT2D eigenvalue weighted by atomic mass is 10.0. The van der Waals surface area contributed by atoms with E-state index in [1.54, 1.807) is 23.5 Å². The highest BCUT2D eigenvalue weighted by atomic mass is 79.9. The molecule has 4 heterocycles. The quantitative estimate of drug-likeness (QED) is 0.348. The van der Waals surface area contributed by atoms with Gasteiger partial charge in [0, 0.05) is 38.6 Å². The summed E-state index contributed by atoms with van der Waals surface area (Å²) in [7, 11) is 0.